The predicted octanol–water partition coefficient (Wildman–Crippen LogP) is 3.59. The van der Waals surface area contributed by atoms with Gasteiger partial charge >= 0.3 is 0 Å². The van der Waals surface area contributed by atoms with Crippen molar-refractivity contribution >= 4 is 27.1 Å². The number of benzene rings is 1. The van der Waals surface area contributed by atoms with E-state index in [1.165, 1.54) is 43.1 Å². The summed E-state index contributed by atoms with van der Waals surface area (Å²) in [6, 6.07) is 5.97. The summed E-state index contributed by atoms with van der Waals surface area (Å²) >= 11 is 1.51. The minimum absolute atomic E-state index is 0.145. The largest absolute Gasteiger partial charge is 0.485 e. The van der Waals surface area contributed by atoms with E-state index in [9.17, 15) is 8.42 Å². The van der Waals surface area contributed by atoms with Crippen molar-refractivity contribution in [2.45, 2.75) is 31.8 Å². The SMILES string of the molecule is CCN(CC)CC.O=S(=O)(O)c1cccc(NCC2COc3cscc3O2)c1. The number of anilines is 1. The lowest BCUT2D eigenvalue weighted by Gasteiger charge is -2.25. The van der Waals surface area contributed by atoms with Crippen molar-refractivity contribution in [2.75, 3.05) is 38.1 Å². The van der Waals surface area contributed by atoms with Gasteiger partial charge in [0.25, 0.3) is 10.1 Å². The van der Waals surface area contributed by atoms with Crippen molar-refractivity contribution in [1.82, 2.24) is 4.90 Å². The number of hydrogen-bond acceptors (Lipinski definition) is 7. The molecule has 7 nitrogen and oxygen atoms in total. The van der Waals surface area contributed by atoms with Crippen molar-refractivity contribution < 1.29 is 22.4 Å². The number of rotatable bonds is 7. The van der Waals surface area contributed by atoms with Gasteiger partial charge in [0, 0.05) is 16.4 Å². The van der Waals surface area contributed by atoms with Crippen LogP contribution in [0, 0.1) is 0 Å². The summed E-state index contributed by atoms with van der Waals surface area (Å²) in [6.07, 6.45) is -0.165. The fourth-order valence-electron chi connectivity index (χ4n) is 2.63. The molecular weight excluding hydrogens is 400 g/mol. The molecule has 0 bridgehead atoms. The number of nitrogens with one attached hydrogen (secondary N) is 1. The van der Waals surface area contributed by atoms with Crippen LogP contribution in [0.15, 0.2) is 39.9 Å². The number of nitrogens with zero attached hydrogens (tertiary/aromatic N) is 1. The second-order valence-corrected chi connectivity index (χ2v) is 8.32. The Balaban J connectivity index is 0.000000345. The molecule has 0 saturated heterocycles. The lowest BCUT2D eigenvalue weighted by atomic mass is 10.3. The third kappa shape index (κ3) is 6.66. The molecule has 1 aliphatic rings. The quantitative estimate of drug-likeness (QED) is 0.652. The van der Waals surface area contributed by atoms with Crippen LogP contribution in [0.1, 0.15) is 20.8 Å². The van der Waals surface area contributed by atoms with E-state index in [0.717, 1.165) is 11.5 Å². The van der Waals surface area contributed by atoms with Gasteiger partial charge in [-0.2, -0.15) is 8.42 Å². The zero-order valence-corrected chi connectivity index (χ0v) is 18.1. The van der Waals surface area contributed by atoms with Gasteiger partial charge in [0.1, 0.15) is 12.7 Å². The fourth-order valence-corrected chi connectivity index (χ4v) is 3.83. The molecule has 3 rings (SSSR count). The Labute approximate surface area is 171 Å². The van der Waals surface area contributed by atoms with Gasteiger partial charge in [0.15, 0.2) is 11.5 Å². The Bertz CT molecular complexity index is 829. The lowest BCUT2D eigenvalue weighted by molar-refractivity contribution is 0.101. The topological polar surface area (TPSA) is 88.1 Å². The van der Waals surface area contributed by atoms with E-state index >= 15 is 0 Å². The Kier molecular flexibility index (Phi) is 8.56. The van der Waals surface area contributed by atoms with E-state index in [0.29, 0.717) is 18.8 Å². The van der Waals surface area contributed by atoms with Crippen LogP contribution in [0.3, 0.4) is 0 Å². The van der Waals surface area contributed by atoms with E-state index in [4.69, 9.17) is 14.0 Å². The van der Waals surface area contributed by atoms with Gasteiger partial charge in [-0.25, -0.2) is 0 Å². The highest BCUT2D eigenvalue weighted by Crippen LogP contribution is 2.35. The molecule has 0 fully saturated rings. The third-order valence-corrected chi connectivity index (χ3v) is 5.87. The van der Waals surface area contributed by atoms with E-state index in [1.54, 1.807) is 12.1 Å². The lowest BCUT2D eigenvalue weighted by Crippen LogP contribution is -2.34. The van der Waals surface area contributed by atoms with Gasteiger partial charge in [-0.05, 0) is 37.8 Å². The first kappa shape index (κ1) is 22.5. The molecule has 2 N–H and O–H groups in total. The summed E-state index contributed by atoms with van der Waals surface area (Å²) in [4.78, 5) is 2.23. The molecule has 1 aromatic carbocycles. The van der Waals surface area contributed by atoms with Crippen LogP contribution in [0.25, 0.3) is 0 Å². The molecule has 1 aromatic heterocycles. The molecule has 1 atom stereocenters. The standard InChI is InChI=1S/C13H13NO5S2.C6H15N/c15-21(16,17)11-3-1-2-9(4-11)14-5-10-6-18-12-7-20-8-13(12)19-10;1-4-7(5-2)6-3/h1-4,7-8,10,14H,5-6H2,(H,15,16,17);4-6H2,1-3H3. The molecular formula is C19H28N2O5S2. The molecule has 2 heterocycles. The summed E-state index contributed by atoms with van der Waals surface area (Å²) in [5.41, 5.74) is 0.588. The molecule has 0 radical (unpaired) electrons. The predicted molar refractivity (Wildman–Crippen MR) is 112 cm³/mol. The highest BCUT2D eigenvalue weighted by Gasteiger charge is 2.21. The summed E-state index contributed by atoms with van der Waals surface area (Å²) in [7, 11) is -4.20. The molecule has 1 aliphatic heterocycles. The maximum atomic E-state index is 11.1. The summed E-state index contributed by atoms with van der Waals surface area (Å²) in [6.45, 7) is 11.0. The number of hydrogen-bond donors (Lipinski definition) is 2. The highest BCUT2D eigenvalue weighted by atomic mass is 32.2. The third-order valence-electron chi connectivity index (χ3n) is 4.32. The molecule has 0 aliphatic carbocycles. The first-order valence-electron chi connectivity index (χ1n) is 9.26. The summed E-state index contributed by atoms with van der Waals surface area (Å²) < 4.78 is 42.5. The van der Waals surface area contributed by atoms with E-state index < -0.39 is 10.1 Å². The second-order valence-electron chi connectivity index (χ2n) is 6.15. The molecule has 1 unspecified atom stereocenters. The molecule has 9 heteroatoms. The average molecular weight is 429 g/mol. The van der Waals surface area contributed by atoms with Gasteiger partial charge in [-0.3, -0.25) is 4.55 Å². The molecule has 0 spiro atoms. The Morgan fingerprint density at radius 3 is 2.46 bits per heavy atom. The first-order chi connectivity index (χ1) is 13.4. The van der Waals surface area contributed by atoms with E-state index in [1.807, 2.05) is 10.8 Å². The maximum absolute atomic E-state index is 11.1. The van der Waals surface area contributed by atoms with Crippen molar-refractivity contribution in [3.63, 3.8) is 0 Å². The van der Waals surface area contributed by atoms with Crippen LogP contribution in [0.5, 0.6) is 11.5 Å². The zero-order chi connectivity index (χ0) is 20.6. The van der Waals surface area contributed by atoms with Crippen molar-refractivity contribution in [2.24, 2.45) is 0 Å². The Hall–Kier alpha value is -1.81. The van der Waals surface area contributed by atoms with Crippen LogP contribution in [-0.4, -0.2) is 56.8 Å². The minimum atomic E-state index is -4.20. The highest BCUT2D eigenvalue weighted by molar-refractivity contribution is 7.85. The molecule has 28 heavy (non-hydrogen) atoms. The first-order valence-corrected chi connectivity index (χ1v) is 11.6. The fraction of sp³-hybridized carbons (Fsp3) is 0.474. The maximum Gasteiger partial charge on any atom is 0.294 e. The molecule has 0 saturated carbocycles. The molecule has 2 aromatic rings. The van der Waals surface area contributed by atoms with Gasteiger partial charge in [0.2, 0.25) is 0 Å². The second kappa shape index (κ2) is 10.7. The Morgan fingerprint density at radius 1 is 1.18 bits per heavy atom. The van der Waals surface area contributed by atoms with Crippen molar-refractivity contribution in [3.8, 4) is 11.5 Å². The van der Waals surface area contributed by atoms with E-state index in [2.05, 4.69) is 31.0 Å². The van der Waals surface area contributed by atoms with Crippen molar-refractivity contribution in [3.05, 3.63) is 35.0 Å². The van der Waals surface area contributed by atoms with Gasteiger partial charge < -0.3 is 19.7 Å². The van der Waals surface area contributed by atoms with Gasteiger partial charge in [-0.1, -0.05) is 26.8 Å². The zero-order valence-electron chi connectivity index (χ0n) is 16.4. The van der Waals surface area contributed by atoms with Crippen LogP contribution in [0.4, 0.5) is 5.69 Å². The number of thiophene rings is 1. The summed E-state index contributed by atoms with van der Waals surface area (Å²) in [5, 5.41) is 6.83. The smallest absolute Gasteiger partial charge is 0.294 e. The van der Waals surface area contributed by atoms with Crippen LogP contribution in [-0.2, 0) is 10.1 Å². The van der Waals surface area contributed by atoms with E-state index in [-0.39, 0.29) is 11.0 Å². The normalized spacial score (nSPS) is 15.7. The average Bonchev–Trinajstić information content (AvgIpc) is 3.16. The van der Waals surface area contributed by atoms with Crippen LogP contribution < -0.4 is 14.8 Å². The van der Waals surface area contributed by atoms with Crippen molar-refractivity contribution in [1.29, 1.82) is 0 Å². The summed E-state index contributed by atoms with van der Waals surface area (Å²) in [5.74, 6) is 1.48. The molecule has 156 valence electrons. The molecule has 0 amide bonds. The van der Waals surface area contributed by atoms with Gasteiger partial charge in [0.05, 0.1) is 11.4 Å². The monoisotopic (exact) mass is 428 g/mol. The van der Waals surface area contributed by atoms with Crippen LogP contribution in [0.2, 0.25) is 0 Å². The van der Waals surface area contributed by atoms with Gasteiger partial charge in [-0.15, -0.1) is 11.3 Å². The Morgan fingerprint density at radius 2 is 1.86 bits per heavy atom. The number of fused-ring (bicyclic) bond motifs is 1. The number of ether oxygens (including phenoxy) is 2. The minimum Gasteiger partial charge on any atom is -0.485 e. The van der Waals surface area contributed by atoms with Crippen LogP contribution >= 0.6 is 11.3 Å².